The molecule has 0 aliphatic rings. The van der Waals surface area contributed by atoms with E-state index in [2.05, 4.69) is 24.1 Å². The van der Waals surface area contributed by atoms with Gasteiger partial charge in [0.2, 0.25) is 0 Å². The number of amides is 1. The topological polar surface area (TPSA) is 62.2 Å². The minimum Gasteiger partial charge on any atom is -0.396 e. The lowest BCUT2D eigenvalue weighted by Crippen LogP contribution is -2.37. The fraction of sp³-hybridized carbons (Fsp3) is 0.571. The van der Waals surface area contributed by atoms with Crippen molar-refractivity contribution in [2.45, 2.75) is 33.1 Å². The Balaban J connectivity index is 2.60. The quantitative estimate of drug-likeness (QED) is 0.778. The zero-order chi connectivity index (χ0) is 13.4. The molecule has 2 N–H and O–H groups in total. The second-order valence-corrected chi connectivity index (χ2v) is 4.58. The van der Waals surface area contributed by atoms with Gasteiger partial charge in [-0.05, 0) is 36.8 Å². The Kier molecular flexibility index (Phi) is 5.78. The van der Waals surface area contributed by atoms with E-state index in [0.29, 0.717) is 18.7 Å². The lowest BCUT2D eigenvalue weighted by Gasteiger charge is -2.31. The maximum atomic E-state index is 11.9. The van der Waals surface area contributed by atoms with Crippen LogP contribution < -0.4 is 5.32 Å². The van der Waals surface area contributed by atoms with Crippen LogP contribution in [-0.2, 0) is 0 Å². The van der Waals surface area contributed by atoms with Gasteiger partial charge in [0.1, 0.15) is 5.69 Å². The molecule has 0 fully saturated rings. The molecule has 0 saturated carbocycles. The van der Waals surface area contributed by atoms with Crippen molar-refractivity contribution in [3.05, 3.63) is 30.1 Å². The van der Waals surface area contributed by atoms with Gasteiger partial charge in [0, 0.05) is 19.3 Å². The van der Waals surface area contributed by atoms with Crippen LogP contribution in [0.4, 0.5) is 0 Å². The van der Waals surface area contributed by atoms with Gasteiger partial charge in [-0.25, -0.2) is 0 Å². The summed E-state index contributed by atoms with van der Waals surface area (Å²) < 4.78 is 0. The molecule has 18 heavy (non-hydrogen) atoms. The Morgan fingerprint density at radius 2 is 2.11 bits per heavy atom. The lowest BCUT2D eigenvalue weighted by atomic mass is 9.79. The molecule has 0 aliphatic heterocycles. The van der Waals surface area contributed by atoms with Crippen LogP contribution in [0.25, 0.3) is 0 Å². The van der Waals surface area contributed by atoms with Gasteiger partial charge >= 0.3 is 0 Å². The molecule has 0 atom stereocenters. The molecular weight excluding hydrogens is 228 g/mol. The first kappa shape index (κ1) is 14.6. The summed E-state index contributed by atoms with van der Waals surface area (Å²) in [7, 11) is 0. The third-order valence-electron chi connectivity index (χ3n) is 3.66. The predicted molar refractivity (Wildman–Crippen MR) is 71.3 cm³/mol. The fourth-order valence-corrected chi connectivity index (χ4v) is 2.03. The van der Waals surface area contributed by atoms with E-state index < -0.39 is 0 Å². The molecule has 100 valence electrons. The van der Waals surface area contributed by atoms with Crippen LogP contribution in [0.15, 0.2) is 24.4 Å². The first-order valence-corrected chi connectivity index (χ1v) is 6.47. The maximum absolute atomic E-state index is 11.9. The summed E-state index contributed by atoms with van der Waals surface area (Å²) >= 11 is 0. The van der Waals surface area contributed by atoms with Gasteiger partial charge in [-0.15, -0.1) is 0 Å². The Labute approximate surface area is 108 Å². The van der Waals surface area contributed by atoms with Gasteiger partial charge in [0.25, 0.3) is 5.91 Å². The summed E-state index contributed by atoms with van der Waals surface area (Å²) in [6.45, 7) is 4.91. The predicted octanol–water partition coefficient (Wildman–Crippen LogP) is 2.00. The van der Waals surface area contributed by atoms with Crippen LogP contribution in [-0.4, -0.2) is 29.1 Å². The summed E-state index contributed by atoms with van der Waals surface area (Å²) in [5.74, 6) is -0.153. The van der Waals surface area contributed by atoms with Crippen molar-refractivity contribution in [1.29, 1.82) is 0 Å². The average Bonchev–Trinajstić information content (AvgIpc) is 2.44. The van der Waals surface area contributed by atoms with Gasteiger partial charge in [0.05, 0.1) is 0 Å². The fourth-order valence-electron chi connectivity index (χ4n) is 2.03. The molecule has 0 aliphatic carbocycles. The van der Waals surface area contributed by atoms with Gasteiger partial charge in [-0.2, -0.15) is 0 Å². The number of rotatable bonds is 7. The first-order valence-electron chi connectivity index (χ1n) is 6.47. The maximum Gasteiger partial charge on any atom is 0.269 e. The van der Waals surface area contributed by atoms with Gasteiger partial charge in [0.15, 0.2) is 0 Å². The number of hydrogen-bond donors (Lipinski definition) is 2. The molecule has 0 unspecified atom stereocenters. The number of carbonyl (C=O) groups is 1. The molecule has 0 radical (unpaired) electrons. The number of carbonyl (C=O) groups excluding carboxylic acids is 1. The number of hydrogen-bond acceptors (Lipinski definition) is 3. The van der Waals surface area contributed by atoms with E-state index in [4.69, 9.17) is 5.11 Å². The van der Waals surface area contributed by atoms with Crippen molar-refractivity contribution in [2.24, 2.45) is 5.41 Å². The van der Waals surface area contributed by atoms with Gasteiger partial charge in [-0.3, -0.25) is 9.78 Å². The summed E-state index contributed by atoms with van der Waals surface area (Å²) in [5.41, 5.74) is 0.418. The van der Waals surface area contributed by atoms with Crippen LogP contribution in [0.3, 0.4) is 0 Å². The Morgan fingerprint density at radius 1 is 1.39 bits per heavy atom. The van der Waals surface area contributed by atoms with Crippen LogP contribution in [0.2, 0.25) is 0 Å². The number of nitrogens with zero attached hydrogens (tertiary/aromatic N) is 1. The highest BCUT2D eigenvalue weighted by Crippen LogP contribution is 2.29. The van der Waals surface area contributed by atoms with Crippen molar-refractivity contribution in [1.82, 2.24) is 10.3 Å². The monoisotopic (exact) mass is 250 g/mol. The third kappa shape index (κ3) is 3.81. The standard InChI is InChI=1S/C14H22N2O2/c1-3-14(4-2,8-10-17)11-16-13(18)12-7-5-6-9-15-12/h5-7,9,17H,3-4,8,10-11H2,1-2H3,(H,16,18). The number of aliphatic hydroxyl groups is 1. The average molecular weight is 250 g/mol. The number of aromatic nitrogens is 1. The molecule has 4 nitrogen and oxygen atoms in total. The second kappa shape index (κ2) is 7.11. The minimum atomic E-state index is -0.153. The molecule has 1 amide bonds. The van der Waals surface area contributed by atoms with Crippen molar-refractivity contribution >= 4 is 5.91 Å². The van der Waals surface area contributed by atoms with E-state index in [1.54, 1.807) is 24.4 Å². The smallest absolute Gasteiger partial charge is 0.269 e. The van der Waals surface area contributed by atoms with Crippen LogP contribution in [0.5, 0.6) is 0 Å². The zero-order valence-corrected chi connectivity index (χ0v) is 11.1. The summed E-state index contributed by atoms with van der Waals surface area (Å²) in [5, 5.41) is 12.0. The molecular formula is C14H22N2O2. The van der Waals surface area contributed by atoms with Crippen LogP contribution >= 0.6 is 0 Å². The van der Waals surface area contributed by atoms with Gasteiger partial charge in [-0.1, -0.05) is 19.9 Å². The first-order chi connectivity index (χ1) is 8.67. The van der Waals surface area contributed by atoms with E-state index >= 15 is 0 Å². The summed E-state index contributed by atoms with van der Waals surface area (Å²) in [4.78, 5) is 15.9. The highest BCUT2D eigenvalue weighted by molar-refractivity contribution is 5.92. The number of pyridine rings is 1. The highest BCUT2D eigenvalue weighted by Gasteiger charge is 2.26. The summed E-state index contributed by atoms with van der Waals surface area (Å²) in [6, 6.07) is 5.27. The molecule has 0 spiro atoms. The van der Waals surface area contributed by atoms with Crippen molar-refractivity contribution in [3.8, 4) is 0 Å². The zero-order valence-electron chi connectivity index (χ0n) is 11.1. The van der Waals surface area contributed by atoms with E-state index in [0.717, 1.165) is 12.8 Å². The molecule has 4 heteroatoms. The molecule has 0 saturated heterocycles. The molecule has 0 aromatic carbocycles. The van der Waals surface area contributed by atoms with E-state index in [-0.39, 0.29) is 17.9 Å². The highest BCUT2D eigenvalue weighted by atomic mass is 16.3. The number of nitrogens with one attached hydrogen (secondary N) is 1. The second-order valence-electron chi connectivity index (χ2n) is 4.58. The molecule has 1 rings (SSSR count). The normalized spacial score (nSPS) is 11.3. The molecule has 1 heterocycles. The molecule has 1 aromatic rings. The number of aliphatic hydroxyl groups excluding tert-OH is 1. The Bertz CT molecular complexity index is 361. The van der Waals surface area contributed by atoms with E-state index in [1.807, 2.05) is 0 Å². The summed E-state index contributed by atoms with van der Waals surface area (Å²) in [6.07, 6.45) is 4.19. The van der Waals surface area contributed by atoms with Crippen LogP contribution in [0.1, 0.15) is 43.6 Å². The third-order valence-corrected chi connectivity index (χ3v) is 3.66. The van der Waals surface area contributed by atoms with Crippen molar-refractivity contribution in [3.63, 3.8) is 0 Å². The Morgan fingerprint density at radius 3 is 2.61 bits per heavy atom. The van der Waals surface area contributed by atoms with E-state index in [9.17, 15) is 4.79 Å². The van der Waals surface area contributed by atoms with Crippen molar-refractivity contribution < 1.29 is 9.90 Å². The molecule has 0 bridgehead atoms. The minimum absolute atomic E-state index is 0.0147. The van der Waals surface area contributed by atoms with Crippen LogP contribution in [0, 0.1) is 5.41 Å². The Hall–Kier alpha value is -1.42. The SMILES string of the molecule is CCC(CC)(CCO)CNC(=O)c1ccccn1. The van der Waals surface area contributed by atoms with Crippen molar-refractivity contribution in [2.75, 3.05) is 13.2 Å². The molecule has 1 aromatic heterocycles. The largest absolute Gasteiger partial charge is 0.396 e. The lowest BCUT2D eigenvalue weighted by molar-refractivity contribution is 0.0902. The van der Waals surface area contributed by atoms with E-state index in [1.165, 1.54) is 0 Å². The van der Waals surface area contributed by atoms with Gasteiger partial charge < -0.3 is 10.4 Å².